The van der Waals surface area contributed by atoms with E-state index >= 15 is 0 Å². The van der Waals surface area contributed by atoms with Crippen LogP contribution in [0.5, 0.6) is 0 Å². The summed E-state index contributed by atoms with van der Waals surface area (Å²) in [5.74, 6) is -0.777. The van der Waals surface area contributed by atoms with E-state index in [-0.39, 0.29) is 0 Å². The smallest absolute Gasteiger partial charge is 0.328 e. The number of carboxylic acid groups (broad SMARTS) is 2. The summed E-state index contributed by atoms with van der Waals surface area (Å²) < 4.78 is 1.40. The molecule has 25 heavy (non-hydrogen) atoms. The number of benzene rings is 1. The zero-order valence-corrected chi connectivity index (χ0v) is 14.4. The lowest BCUT2D eigenvalue weighted by Crippen LogP contribution is -2.25. The van der Waals surface area contributed by atoms with Gasteiger partial charge in [0.25, 0.3) is 0 Å². The fourth-order valence-electron chi connectivity index (χ4n) is 3.36. The van der Waals surface area contributed by atoms with Gasteiger partial charge in [-0.25, -0.2) is 9.59 Å². The summed E-state index contributed by atoms with van der Waals surface area (Å²) in [6.45, 7) is 4.88. The maximum absolute atomic E-state index is 9.55. The van der Waals surface area contributed by atoms with Crippen LogP contribution in [0.3, 0.4) is 0 Å². The number of carbonyl (C=O) groups is 2. The molecule has 6 nitrogen and oxygen atoms in total. The molecule has 0 aliphatic carbocycles. The van der Waals surface area contributed by atoms with Crippen LogP contribution >= 0.6 is 11.3 Å². The average Bonchev–Trinajstić information content (AvgIpc) is 3.27. The molecular weight excluding hydrogens is 340 g/mol. The molecule has 0 saturated carbocycles. The molecule has 0 bridgehead atoms. The van der Waals surface area contributed by atoms with Crippen molar-refractivity contribution in [2.45, 2.75) is 0 Å². The fraction of sp³-hybridized carbons (Fsp3) is 0.333. The molecule has 2 saturated heterocycles. The van der Waals surface area contributed by atoms with Gasteiger partial charge in [-0.3, -0.25) is 0 Å². The summed E-state index contributed by atoms with van der Waals surface area (Å²) in [4.78, 5) is 21.7. The Morgan fingerprint density at radius 3 is 2.32 bits per heavy atom. The molecule has 4 rings (SSSR count). The molecule has 132 valence electrons. The van der Waals surface area contributed by atoms with Crippen molar-refractivity contribution in [3.63, 3.8) is 0 Å². The minimum absolute atomic E-state index is 0.558. The molecule has 3 N–H and O–H groups in total. The molecule has 7 heteroatoms. The number of carboxylic acids is 2. The SMILES string of the molecule is O=C(O)/C=C\C(=O)O.c1cc2cc(N3CC4CNCC4C3)ccc2s1. The Balaban J connectivity index is 0.000000197. The molecule has 0 radical (unpaired) electrons. The van der Waals surface area contributed by atoms with E-state index in [1.165, 1.54) is 42.0 Å². The summed E-state index contributed by atoms with van der Waals surface area (Å²) in [5.41, 5.74) is 1.41. The van der Waals surface area contributed by atoms with E-state index in [2.05, 4.69) is 39.9 Å². The molecule has 2 aromatic rings. The van der Waals surface area contributed by atoms with Gasteiger partial charge in [0.05, 0.1) is 0 Å². The Hall–Kier alpha value is -2.38. The number of hydrogen-bond donors (Lipinski definition) is 3. The van der Waals surface area contributed by atoms with Gasteiger partial charge in [-0.15, -0.1) is 11.3 Å². The van der Waals surface area contributed by atoms with Crippen LogP contribution < -0.4 is 10.2 Å². The lowest BCUT2D eigenvalue weighted by Gasteiger charge is -2.19. The highest BCUT2D eigenvalue weighted by molar-refractivity contribution is 7.17. The van der Waals surface area contributed by atoms with Crippen molar-refractivity contribution in [2.24, 2.45) is 11.8 Å². The molecule has 2 aliphatic heterocycles. The van der Waals surface area contributed by atoms with Crippen LogP contribution in [0, 0.1) is 11.8 Å². The quantitative estimate of drug-likeness (QED) is 0.728. The Kier molecular flexibility index (Phi) is 5.35. The zero-order chi connectivity index (χ0) is 17.8. The van der Waals surface area contributed by atoms with Crippen molar-refractivity contribution in [1.29, 1.82) is 0 Å². The highest BCUT2D eigenvalue weighted by atomic mass is 32.1. The highest BCUT2D eigenvalue weighted by Crippen LogP contribution is 2.32. The number of thiophene rings is 1. The molecule has 2 aliphatic rings. The lowest BCUT2D eigenvalue weighted by molar-refractivity contribution is -0.134. The Labute approximate surface area is 149 Å². The van der Waals surface area contributed by atoms with Crippen LogP contribution in [0.2, 0.25) is 0 Å². The van der Waals surface area contributed by atoms with E-state index in [4.69, 9.17) is 10.2 Å². The Morgan fingerprint density at radius 2 is 1.72 bits per heavy atom. The van der Waals surface area contributed by atoms with Gasteiger partial charge < -0.3 is 20.4 Å². The first kappa shape index (κ1) is 17.4. The third kappa shape index (κ3) is 4.37. The van der Waals surface area contributed by atoms with Gasteiger partial charge in [0, 0.05) is 48.7 Å². The van der Waals surface area contributed by atoms with Crippen LogP contribution in [0.15, 0.2) is 41.8 Å². The number of anilines is 1. The second kappa shape index (κ2) is 7.67. The molecule has 1 aromatic heterocycles. The number of rotatable bonds is 3. The van der Waals surface area contributed by atoms with Gasteiger partial charge >= 0.3 is 11.9 Å². The summed E-state index contributed by atoms with van der Waals surface area (Å²) in [6.07, 6.45) is 1.12. The molecule has 0 spiro atoms. The van der Waals surface area contributed by atoms with Crippen LogP contribution in [0.25, 0.3) is 10.1 Å². The van der Waals surface area contributed by atoms with Gasteiger partial charge in [-0.2, -0.15) is 0 Å². The normalized spacial score (nSPS) is 22.0. The molecule has 2 unspecified atom stereocenters. The maximum atomic E-state index is 9.55. The second-order valence-electron chi connectivity index (χ2n) is 6.24. The van der Waals surface area contributed by atoms with Crippen molar-refractivity contribution in [3.05, 3.63) is 41.8 Å². The average molecular weight is 360 g/mol. The van der Waals surface area contributed by atoms with E-state index in [1.807, 2.05) is 11.3 Å². The monoisotopic (exact) mass is 360 g/mol. The second-order valence-corrected chi connectivity index (χ2v) is 7.18. The van der Waals surface area contributed by atoms with Crippen molar-refractivity contribution in [2.75, 3.05) is 31.1 Å². The number of hydrogen-bond acceptors (Lipinski definition) is 5. The lowest BCUT2D eigenvalue weighted by atomic mass is 10.0. The largest absolute Gasteiger partial charge is 0.478 e. The van der Waals surface area contributed by atoms with Gasteiger partial charge in [0.2, 0.25) is 0 Å². The minimum atomic E-state index is -1.26. The number of nitrogens with one attached hydrogen (secondary N) is 1. The van der Waals surface area contributed by atoms with Gasteiger partial charge in [0.1, 0.15) is 0 Å². The predicted molar refractivity (Wildman–Crippen MR) is 98.3 cm³/mol. The fourth-order valence-corrected chi connectivity index (χ4v) is 4.13. The molecule has 2 fully saturated rings. The maximum Gasteiger partial charge on any atom is 0.328 e. The van der Waals surface area contributed by atoms with Crippen LogP contribution in [-0.4, -0.2) is 48.3 Å². The van der Waals surface area contributed by atoms with E-state index in [1.54, 1.807) is 0 Å². The minimum Gasteiger partial charge on any atom is -0.478 e. The number of nitrogens with zero attached hydrogens (tertiary/aromatic N) is 1. The first-order valence-electron chi connectivity index (χ1n) is 8.10. The molecule has 2 atom stereocenters. The Morgan fingerprint density at radius 1 is 1.08 bits per heavy atom. The first-order valence-corrected chi connectivity index (χ1v) is 8.98. The van der Waals surface area contributed by atoms with Crippen molar-refractivity contribution in [3.8, 4) is 0 Å². The van der Waals surface area contributed by atoms with E-state index in [0.717, 1.165) is 11.8 Å². The summed E-state index contributed by atoms with van der Waals surface area (Å²) in [6, 6.07) is 9.12. The van der Waals surface area contributed by atoms with Gasteiger partial charge in [0.15, 0.2) is 0 Å². The predicted octanol–water partition coefficient (Wildman–Crippen LogP) is 2.27. The van der Waals surface area contributed by atoms with E-state index in [0.29, 0.717) is 12.2 Å². The summed E-state index contributed by atoms with van der Waals surface area (Å²) >= 11 is 1.83. The summed E-state index contributed by atoms with van der Waals surface area (Å²) in [7, 11) is 0. The summed E-state index contributed by atoms with van der Waals surface area (Å²) in [5, 5.41) is 22.7. The standard InChI is InChI=1S/C14H16N2S.C4H4O4/c1-2-14-10(3-4-17-14)5-13(1)16-8-11-6-15-7-12(11)9-16;5-3(6)1-2-4(7)8/h1-5,11-12,15H,6-9H2;1-2H,(H,5,6)(H,7,8)/b;2-1-. The third-order valence-corrected chi connectivity index (χ3v) is 5.46. The van der Waals surface area contributed by atoms with Crippen LogP contribution in [-0.2, 0) is 9.59 Å². The molecular formula is C18H20N2O4S. The topological polar surface area (TPSA) is 89.9 Å². The van der Waals surface area contributed by atoms with Crippen LogP contribution in [0.1, 0.15) is 0 Å². The van der Waals surface area contributed by atoms with Gasteiger partial charge in [-0.1, -0.05) is 0 Å². The third-order valence-electron chi connectivity index (χ3n) is 4.56. The molecule has 3 heterocycles. The molecule has 1 aromatic carbocycles. The van der Waals surface area contributed by atoms with E-state index < -0.39 is 11.9 Å². The zero-order valence-electron chi connectivity index (χ0n) is 13.6. The Bertz CT molecular complexity index is 773. The van der Waals surface area contributed by atoms with Crippen molar-refractivity contribution in [1.82, 2.24) is 5.32 Å². The highest BCUT2D eigenvalue weighted by Gasteiger charge is 2.36. The van der Waals surface area contributed by atoms with Crippen molar-refractivity contribution < 1.29 is 19.8 Å². The molecule has 0 amide bonds. The van der Waals surface area contributed by atoms with Gasteiger partial charge in [-0.05, 0) is 46.9 Å². The first-order chi connectivity index (χ1) is 12.0. The number of fused-ring (bicyclic) bond motifs is 2. The van der Waals surface area contributed by atoms with Crippen LogP contribution in [0.4, 0.5) is 5.69 Å². The van der Waals surface area contributed by atoms with Crippen molar-refractivity contribution >= 4 is 39.0 Å². The van der Waals surface area contributed by atoms with E-state index in [9.17, 15) is 9.59 Å². The number of aliphatic carboxylic acids is 2.